The van der Waals surface area contributed by atoms with E-state index in [1.165, 1.54) is 4.90 Å². The smallest absolute Gasteiger partial charge is 0.306 e. The standard InChI is InChI=1S/C22H31NO6S/c1-4-5-11-23(19-10-12-30(27,28)15-19)21(25)14-29-22(26)9-8-20(24)18-7-6-16(2)17(3)13-18/h6-7,13,19H,4-5,8-12,14-15H2,1-3H3. The van der Waals surface area contributed by atoms with E-state index in [1.807, 2.05) is 26.8 Å². The lowest BCUT2D eigenvalue weighted by molar-refractivity contribution is -0.152. The van der Waals surface area contributed by atoms with Gasteiger partial charge in [-0.25, -0.2) is 8.42 Å². The van der Waals surface area contributed by atoms with Gasteiger partial charge in [0.15, 0.2) is 22.2 Å². The maximum absolute atomic E-state index is 12.6. The van der Waals surface area contributed by atoms with Crippen molar-refractivity contribution in [1.82, 2.24) is 4.90 Å². The van der Waals surface area contributed by atoms with E-state index in [2.05, 4.69) is 0 Å². The van der Waals surface area contributed by atoms with Crippen molar-refractivity contribution in [2.45, 2.75) is 58.9 Å². The van der Waals surface area contributed by atoms with E-state index in [9.17, 15) is 22.8 Å². The van der Waals surface area contributed by atoms with Crippen LogP contribution in [0.3, 0.4) is 0 Å². The molecule has 1 aromatic rings. The van der Waals surface area contributed by atoms with Crippen LogP contribution in [-0.2, 0) is 24.2 Å². The van der Waals surface area contributed by atoms with Crippen LogP contribution in [0.2, 0.25) is 0 Å². The normalized spacial score (nSPS) is 17.5. The number of benzene rings is 1. The first-order valence-corrected chi connectivity index (χ1v) is 12.2. The van der Waals surface area contributed by atoms with Crippen LogP contribution >= 0.6 is 0 Å². The SMILES string of the molecule is CCCCN(C(=O)COC(=O)CCC(=O)c1ccc(C)c(C)c1)C1CCS(=O)(=O)C1. The van der Waals surface area contributed by atoms with E-state index in [-0.39, 0.29) is 42.1 Å². The second-order valence-corrected chi connectivity index (χ2v) is 10.1. The van der Waals surface area contributed by atoms with Crippen LogP contribution in [0.4, 0.5) is 0 Å². The third-order valence-electron chi connectivity index (χ3n) is 5.46. The average Bonchev–Trinajstić information content (AvgIpc) is 3.06. The molecule has 0 aliphatic carbocycles. The number of ketones is 1. The van der Waals surface area contributed by atoms with Gasteiger partial charge < -0.3 is 9.64 Å². The van der Waals surface area contributed by atoms with Crippen LogP contribution in [0.25, 0.3) is 0 Å². The van der Waals surface area contributed by atoms with Crippen LogP contribution in [0.15, 0.2) is 18.2 Å². The fourth-order valence-corrected chi connectivity index (χ4v) is 5.16. The summed E-state index contributed by atoms with van der Waals surface area (Å²) in [6.07, 6.45) is 1.93. The molecule has 0 radical (unpaired) electrons. The van der Waals surface area contributed by atoms with Crippen molar-refractivity contribution in [2.75, 3.05) is 24.7 Å². The number of ether oxygens (including phenoxy) is 1. The molecule has 0 spiro atoms. The molecule has 1 aromatic carbocycles. The zero-order valence-electron chi connectivity index (χ0n) is 18.0. The minimum absolute atomic E-state index is 0.00986. The minimum Gasteiger partial charge on any atom is -0.456 e. The molecule has 1 saturated heterocycles. The van der Waals surface area contributed by atoms with Crippen molar-refractivity contribution in [3.8, 4) is 0 Å². The summed E-state index contributed by atoms with van der Waals surface area (Å²) in [5, 5.41) is 0. The van der Waals surface area contributed by atoms with Gasteiger partial charge in [0.25, 0.3) is 5.91 Å². The number of carbonyl (C=O) groups excluding carboxylic acids is 3. The number of hydrogen-bond acceptors (Lipinski definition) is 6. The number of Topliss-reactive ketones (excluding diaryl/α,β-unsaturated/α-hetero) is 1. The number of aryl methyl sites for hydroxylation is 2. The van der Waals surface area contributed by atoms with Gasteiger partial charge in [-0.15, -0.1) is 0 Å². The van der Waals surface area contributed by atoms with Crippen LogP contribution in [0, 0.1) is 13.8 Å². The first-order valence-electron chi connectivity index (χ1n) is 10.4. The number of amides is 1. The highest BCUT2D eigenvalue weighted by molar-refractivity contribution is 7.91. The maximum Gasteiger partial charge on any atom is 0.306 e. The molecular weight excluding hydrogens is 406 g/mol. The lowest BCUT2D eigenvalue weighted by Crippen LogP contribution is -2.43. The number of carbonyl (C=O) groups is 3. The van der Waals surface area contributed by atoms with E-state index in [1.54, 1.807) is 12.1 Å². The molecule has 1 unspecified atom stereocenters. The first kappa shape index (κ1) is 24.1. The van der Waals surface area contributed by atoms with Gasteiger partial charge in [-0.1, -0.05) is 25.5 Å². The lowest BCUT2D eigenvalue weighted by Gasteiger charge is -2.28. The highest BCUT2D eigenvalue weighted by Gasteiger charge is 2.34. The zero-order chi connectivity index (χ0) is 22.3. The third-order valence-corrected chi connectivity index (χ3v) is 7.21. The zero-order valence-corrected chi connectivity index (χ0v) is 18.8. The Kier molecular flexibility index (Phi) is 8.58. The Hall–Kier alpha value is -2.22. The van der Waals surface area contributed by atoms with Crippen molar-refractivity contribution in [3.05, 3.63) is 34.9 Å². The molecule has 1 atom stereocenters. The summed E-state index contributed by atoms with van der Waals surface area (Å²) in [7, 11) is -3.12. The van der Waals surface area contributed by atoms with E-state index in [4.69, 9.17) is 4.74 Å². The van der Waals surface area contributed by atoms with Gasteiger partial charge in [0.05, 0.1) is 17.9 Å². The Balaban J connectivity index is 1.84. The highest BCUT2D eigenvalue weighted by atomic mass is 32.2. The van der Waals surface area contributed by atoms with Crippen molar-refractivity contribution in [1.29, 1.82) is 0 Å². The predicted octanol–water partition coefficient (Wildman–Crippen LogP) is 2.63. The molecule has 30 heavy (non-hydrogen) atoms. The van der Waals surface area contributed by atoms with Gasteiger partial charge in [0, 0.05) is 24.6 Å². The van der Waals surface area contributed by atoms with E-state index >= 15 is 0 Å². The predicted molar refractivity (Wildman–Crippen MR) is 114 cm³/mol. The fraction of sp³-hybridized carbons (Fsp3) is 0.591. The third kappa shape index (κ3) is 6.93. The number of rotatable bonds is 10. The van der Waals surface area contributed by atoms with Crippen molar-refractivity contribution in [2.24, 2.45) is 0 Å². The van der Waals surface area contributed by atoms with Gasteiger partial charge >= 0.3 is 5.97 Å². The van der Waals surface area contributed by atoms with Crippen molar-refractivity contribution < 1.29 is 27.5 Å². The van der Waals surface area contributed by atoms with Crippen LogP contribution in [-0.4, -0.2) is 61.7 Å². The molecule has 1 heterocycles. The minimum atomic E-state index is -3.12. The maximum atomic E-state index is 12.6. The molecule has 0 bridgehead atoms. The number of unbranched alkanes of at least 4 members (excludes halogenated alkanes) is 1. The van der Waals surface area contributed by atoms with Gasteiger partial charge in [0.2, 0.25) is 0 Å². The summed E-state index contributed by atoms with van der Waals surface area (Å²) >= 11 is 0. The van der Waals surface area contributed by atoms with E-state index in [0.29, 0.717) is 18.5 Å². The second kappa shape index (κ2) is 10.7. The summed E-state index contributed by atoms with van der Waals surface area (Å²) in [5.41, 5.74) is 2.65. The quantitative estimate of drug-likeness (QED) is 0.412. The molecule has 1 fully saturated rings. The van der Waals surface area contributed by atoms with Crippen molar-refractivity contribution in [3.63, 3.8) is 0 Å². The Morgan fingerprint density at radius 1 is 1.13 bits per heavy atom. The van der Waals surface area contributed by atoms with E-state index < -0.39 is 22.4 Å². The van der Waals surface area contributed by atoms with Crippen LogP contribution in [0.1, 0.15) is 60.5 Å². The molecule has 0 N–H and O–H groups in total. The largest absolute Gasteiger partial charge is 0.456 e. The monoisotopic (exact) mass is 437 g/mol. The lowest BCUT2D eigenvalue weighted by atomic mass is 10.0. The van der Waals surface area contributed by atoms with Gasteiger partial charge in [-0.05, 0) is 43.9 Å². The van der Waals surface area contributed by atoms with Gasteiger partial charge in [-0.2, -0.15) is 0 Å². The molecule has 166 valence electrons. The number of sulfone groups is 1. The summed E-state index contributed by atoms with van der Waals surface area (Å²) in [5.74, 6) is -1.12. The molecule has 7 nitrogen and oxygen atoms in total. The Labute approximate surface area is 178 Å². The summed E-state index contributed by atoms with van der Waals surface area (Å²) in [6, 6.07) is 5.04. The Morgan fingerprint density at radius 2 is 1.87 bits per heavy atom. The first-order chi connectivity index (χ1) is 14.1. The molecule has 1 aliphatic heterocycles. The molecule has 1 amide bonds. The van der Waals surface area contributed by atoms with Gasteiger partial charge in [-0.3, -0.25) is 14.4 Å². The summed E-state index contributed by atoms with van der Waals surface area (Å²) < 4.78 is 28.6. The average molecular weight is 438 g/mol. The summed E-state index contributed by atoms with van der Waals surface area (Å²) in [6.45, 7) is 5.88. The molecule has 1 aliphatic rings. The second-order valence-electron chi connectivity index (χ2n) is 7.88. The topological polar surface area (TPSA) is 97.8 Å². The molecule has 0 aromatic heterocycles. The molecule has 2 rings (SSSR count). The number of nitrogens with zero attached hydrogens (tertiary/aromatic N) is 1. The molecule has 0 saturated carbocycles. The Bertz CT molecular complexity index is 893. The van der Waals surface area contributed by atoms with E-state index in [0.717, 1.165) is 24.0 Å². The molecular formula is C22H31NO6S. The van der Waals surface area contributed by atoms with Crippen LogP contribution < -0.4 is 0 Å². The molecule has 8 heteroatoms. The summed E-state index contributed by atoms with van der Waals surface area (Å²) in [4.78, 5) is 38.4. The fourth-order valence-electron chi connectivity index (χ4n) is 3.43. The number of hydrogen-bond donors (Lipinski definition) is 0. The van der Waals surface area contributed by atoms with Crippen molar-refractivity contribution >= 4 is 27.5 Å². The van der Waals surface area contributed by atoms with Crippen LogP contribution in [0.5, 0.6) is 0 Å². The highest BCUT2D eigenvalue weighted by Crippen LogP contribution is 2.19. The number of esters is 1. The van der Waals surface area contributed by atoms with Gasteiger partial charge in [0.1, 0.15) is 0 Å². The Morgan fingerprint density at radius 3 is 2.47 bits per heavy atom.